The van der Waals surface area contributed by atoms with Gasteiger partial charge in [-0.1, -0.05) is 67.1 Å². The fourth-order valence-electron chi connectivity index (χ4n) is 3.48. The molecule has 2 aromatic heterocycles. The zero-order valence-electron chi connectivity index (χ0n) is 15.2. The standard InChI is InChI=1S/C22H23N5/c1-3-9-17(10-4-1)19(18-11-5-2-6-12-18)13-7-8-14-23-21-20-15-26-27-22(20)25-16-24-21/h1-6,9-12,15-16,19H,7-8,13-14H2,(H2,23,24,25,26,27). The van der Waals surface area contributed by atoms with E-state index in [0.29, 0.717) is 5.92 Å². The van der Waals surface area contributed by atoms with E-state index in [1.165, 1.54) is 11.1 Å². The molecule has 0 atom stereocenters. The van der Waals surface area contributed by atoms with Gasteiger partial charge in [-0.05, 0) is 24.0 Å². The maximum absolute atomic E-state index is 4.32. The molecule has 0 spiro atoms. The Morgan fingerprint density at radius 1 is 0.852 bits per heavy atom. The predicted octanol–water partition coefficient (Wildman–Crippen LogP) is 4.77. The van der Waals surface area contributed by atoms with Crippen LogP contribution in [0.3, 0.4) is 0 Å². The third-order valence-corrected chi connectivity index (χ3v) is 4.86. The van der Waals surface area contributed by atoms with Gasteiger partial charge in [0.1, 0.15) is 12.1 Å². The van der Waals surface area contributed by atoms with Crippen LogP contribution in [0.2, 0.25) is 0 Å². The van der Waals surface area contributed by atoms with Crippen molar-refractivity contribution in [2.75, 3.05) is 11.9 Å². The van der Waals surface area contributed by atoms with E-state index in [1.54, 1.807) is 12.5 Å². The molecule has 27 heavy (non-hydrogen) atoms. The molecule has 0 aliphatic carbocycles. The Labute approximate surface area is 158 Å². The van der Waals surface area contributed by atoms with Gasteiger partial charge in [-0.15, -0.1) is 0 Å². The topological polar surface area (TPSA) is 66.5 Å². The zero-order chi connectivity index (χ0) is 18.3. The second kappa shape index (κ2) is 8.45. The van der Waals surface area contributed by atoms with Crippen molar-refractivity contribution in [2.45, 2.75) is 25.2 Å². The van der Waals surface area contributed by atoms with Gasteiger partial charge in [-0.3, -0.25) is 5.10 Å². The van der Waals surface area contributed by atoms with Crippen LogP contribution in [0.5, 0.6) is 0 Å². The Morgan fingerprint density at radius 2 is 1.56 bits per heavy atom. The van der Waals surface area contributed by atoms with Crippen molar-refractivity contribution in [3.8, 4) is 0 Å². The van der Waals surface area contributed by atoms with Gasteiger partial charge in [0.25, 0.3) is 0 Å². The first kappa shape index (κ1) is 17.2. The van der Waals surface area contributed by atoms with Crippen molar-refractivity contribution in [3.63, 3.8) is 0 Å². The number of fused-ring (bicyclic) bond motifs is 1. The molecule has 0 aliphatic rings. The average molecular weight is 357 g/mol. The van der Waals surface area contributed by atoms with Gasteiger partial charge in [0, 0.05) is 12.5 Å². The Kier molecular flexibility index (Phi) is 5.39. The molecule has 0 fully saturated rings. The molecule has 5 nitrogen and oxygen atoms in total. The minimum atomic E-state index is 0.437. The second-order valence-electron chi connectivity index (χ2n) is 6.65. The number of anilines is 1. The molecule has 5 heteroatoms. The van der Waals surface area contributed by atoms with Crippen LogP contribution >= 0.6 is 0 Å². The van der Waals surface area contributed by atoms with E-state index in [4.69, 9.17) is 0 Å². The highest BCUT2D eigenvalue weighted by Gasteiger charge is 2.13. The largest absolute Gasteiger partial charge is 0.369 e. The maximum atomic E-state index is 4.32. The molecule has 0 unspecified atom stereocenters. The van der Waals surface area contributed by atoms with Crippen molar-refractivity contribution in [1.82, 2.24) is 20.2 Å². The number of hydrogen-bond donors (Lipinski definition) is 2. The van der Waals surface area contributed by atoms with Crippen LogP contribution < -0.4 is 5.32 Å². The van der Waals surface area contributed by atoms with Gasteiger partial charge in [0.15, 0.2) is 5.65 Å². The minimum Gasteiger partial charge on any atom is -0.369 e. The van der Waals surface area contributed by atoms with E-state index < -0.39 is 0 Å². The maximum Gasteiger partial charge on any atom is 0.160 e. The Balaban J connectivity index is 1.35. The Morgan fingerprint density at radius 3 is 2.26 bits per heavy atom. The predicted molar refractivity (Wildman–Crippen MR) is 109 cm³/mol. The number of aromatic amines is 1. The quantitative estimate of drug-likeness (QED) is 0.446. The van der Waals surface area contributed by atoms with E-state index in [-0.39, 0.29) is 0 Å². The van der Waals surface area contributed by atoms with Crippen LogP contribution in [0.25, 0.3) is 11.0 Å². The molecular weight excluding hydrogens is 334 g/mol. The van der Waals surface area contributed by atoms with Crippen molar-refractivity contribution in [1.29, 1.82) is 0 Å². The summed E-state index contributed by atoms with van der Waals surface area (Å²) >= 11 is 0. The number of hydrogen-bond acceptors (Lipinski definition) is 4. The van der Waals surface area contributed by atoms with Crippen molar-refractivity contribution >= 4 is 16.9 Å². The fourth-order valence-corrected chi connectivity index (χ4v) is 3.48. The van der Waals surface area contributed by atoms with E-state index >= 15 is 0 Å². The third kappa shape index (κ3) is 4.14. The third-order valence-electron chi connectivity index (χ3n) is 4.86. The number of benzene rings is 2. The van der Waals surface area contributed by atoms with E-state index in [2.05, 4.69) is 86.1 Å². The summed E-state index contributed by atoms with van der Waals surface area (Å²) in [5, 5.41) is 11.3. The summed E-state index contributed by atoms with van der Waals surface area (Å²) in [4.78, 5) is 8.49. The molecule has 0 radical (unpaired) electrons. The minimum absolute atomic E-state index is 0.437. The number of unbranched alkanes of at least 4 members (excludes halogenated alkanes) is 1. The lowest BCUT2D eigenvalue weighted by Crippen LogP contribution is -2.06. The first-order valence-electron chi connectivity index (χ1n) is 9.39. The average Bonchev–Trinajstić information content (AvgIpc) is 3.22. The van der Waals surface area contributed by atoms with E-state index in [1.807, 2.05) is 0 Å². The smallest absolute Gasteiger partial charge is 0.160 e. The highest BCUT2D eigenvalue weighted by atomic mass is 15.2. The summed E-state index contributed by atoms with van der Waals surface area (Å²) in [6.45, 7) is 0.883. The second-order valence-corrected chi connectivity index (χ2v) is 6.65. The highest BCUT2D eigenvalue weighted by molar-refractivity contribution is 5.85. The first-order chi connectivity index (χ1) is 13.4. The van der Waals surface area contributed by atoms with Crippen LogP contribution in [0.1, 0.15) is 36.3 Å². The molecule has 2 N–H and O–H groups in total. The Hall–Kier alpha value is -3.21. The summed E-state index contributed by atoms with van der Waals surface area (Å²) in [6.07, 6.45) is 6.67. The fraction of sp³-hybridized carbons (Fsp3) is 0.227. The number of aromatic nitrogens is 4. The van der Waals surface area contributed by atoms with Crippen LogP contribution in [-0.4, -0.2) is 26.7 Å². The van der Waals surface area contributed by atoms with Gasteiger partial charge in [-0.25, -0.2) is 9.97 Å². The molecule has 0 aliphatic heterocycles. The molecule has 0 saturated carbocycles. The lowest BCUT2D eigenvalue weighted by molar-refractivity contribution is 0.639. The van der Waals surface area contributed by atoms with Gasteiger partial charge in [-0.2, -0.15) is 5.10 Å². The summed E-state index contributed by atoms with van der Waals surface area (Å²) in [5.74, 6) is 1.28. The summed E-state index contributed by atoms with van der Waals surface area (Å²) in [7, 11) is 0. The zero-order valence-corrected chi connectivity index (χ0v) is 15.2. The van der Waals surface area contributed by atoms with Crippen molar-refractivity contribution in [2.24, 2.45) is 0 Å². The van der Waals surface area contributed by atoms with Crippen molar-refractivity contribution < 1.29 is 0 Å². The molecule has 2 heterocycles. The summed E-state index contributed by atoms with van der Waals surface area (Å²) < 4.78 is 0. The molecule has 2 aromatic carbocycles. The van der Waals surface area contributed by atoms with Crippen LogP contribution in [-0.2, 0) is 0 Å². The van der Waals surface area contributed by atoms with Crippen LogP contribution in [0.15, 0.2) is 73.2 Å². The van der Waals surface area contributed by atoms with Gasteiger partial charge in [0.2, 0.25) is 0 Å². The SMILES string of the molecule is c1ccc(C(CCCCNc2ncnc3[nH]ncc23)c2ccccc2)cc1. The van der Waals surface area contributed by atoms with Gasteiger partial charge >= 0.3 is 0 Å². The lowest BCUT2D eigenvalue weighted by atomic mass is 9.87. The lowest BCUT2D eigenvalue weighted by Gasteiger charge is -2.18. The molecule has 4 rings (SSSR count). The van der Waals surface area contributed by atoms with Gasteiger partial charge < -0.3 is 5.32 Å². The molecule has 0 bridgehead atoms. The molecule has 136 valence electrons. The number of H-pyrrole nitrogens is 1. The summed E-state index contributed by atoms with van der Waals surface area (Å²) in [5.41, 5.74) is 3.53. The molecule has 4 aromatic rings. The number of nitrogens with zero attached hydrogens (tertiary/aromatic N) is 3. The highest BCUT2D eigenvalue weighted by Crippen LogP contribution is 2.29. The molecular formula is C22H23N5. The Bertz CT molecular complexity index is 926. The number of nitrogens with one attached hydrogen (secondary N) is 2. The number of rotatable bonds is 8. The van der Waals surface area contributed by atoms with Crippen LogP contribution in [0, 0.1) is 0 Å². The van der Waals surface area contributed by atoms with Crippen molar-refractivity contribution in [3.05, 3.63) is 84.3 Å². The van der Waals surface area contributed by atoms with E-state index in [9.17, 15) is 0 Å². The monoisotopic (exact) mass is 357 g/mol. The first-order valence-corrected chi connectivity index (χ1v) is 9.39. The van der Waals surface area contributed by atoms with Gasteiger partial charge in [0.05, 0.1) is 11.6 Å². The van der Waals surface area contributed by atoms with E-state index in [0.717, 1.165) is 42.7 Å². The van der Waals surface area contributed by atoms with Crippen LogP contribution in [0.4, 0.5) is 5.82 Å². The normalized spacial score (nSPS) is 11.1. The summed E-state index contributed by atoms with van der Waals surface area (Å²) in [6, 6.07) is 21.6. The molecule has 0 saturated heterocycles. The molecule has 0 amide bonds.